The van der Waals surface area contributed by atoms with Crippen molar-refractivity contribution in [3.8, 4) is 11.1 Å². The summed E-state index contributed by atoms with van der Waals surface area (Å²) in [5.41, 5.74) is 4.74. The minimum atomic E-state index is -0.355. The Morgan fingerprint density at radius 2 is 1.74 bits per heavy atom. The van der Waals surface area contributed by atoms with E-state index in [4.69, 9.17) is 0 Å². The molecule has 0 bridgehead atoms. The standard InChI is InChI=1S/C19H11BrFNO/c20-17-9-11(13-4-2-1-3-5-14(13)17)8-16-15-10-12(21)6-7-18(15)22-19(16)23/h1-10H,(H,22,23)/b16-8-. The lowest BCUT2D eigenvalue weighted by atomic mass is 10.0. The van der Waals surface area contributed by atoms with Gasteiger partial charge >= 0.3 is 0 Å². The lowest BCUT2D eigenvalue weighted by molar-refractivity contribution is -0.110. The lowest BCUT2D eigenvalue weighted by Gasteiger charge is -2.00. The van der Waals surface area contributed by atoms with E-state index in [2.05, 4.69) is 21.2 Å². The number of rotatable bonds is 1. The molecule has 0 aromatic heterocycles. The van der Waals surface area contributed by atoms with Crippen LogP contribution in [0.15, 0.2) is 59.1 Å². The van der Waals surface area contributed by atoms with Crippen molar-refractivity contribution in [3.05, 3.63) is 76.0 Å². The summed E-state index contributed by atoms with van der Waals surface area (Å²) in [6, 6.07) is 16.2. The fourth-order valence-corrected chi connectivity index (χ4v) is 3.47. The third-order valence-electron chi connectivity index (χ3n) is 3.95. The molecule has 0 atom stereocenters. The molecule has 2 aliphatic carbocycles. The predicted molar refractivity (Wildman–Crippen MR) is 93.7 cm³/mol. The van der Waals surface area contributed by atoms with Crippen LogP contribution in [0.1, 0.15) is 11.1 Å². The molecule has 3 aliphatic rings. The van der Waals surface area contributed by atoms with Crippen molar-refractivity contribution in [1.29, 1.82) is 0 Å². The zero-order valence-corrected chi connectivity index (χ0v) is 13.5. The highest BCUT2D eigenvalue weighted by Gasteiger charge is 2.25. The number of carbonyl (C=O) groups excluding carboxylic acids is 1. The Morgan fingerprint density at radius 1 is 0.957 bits per heavy atom. The van der Waals surface area contributed by atoms with Crippen molar-refractivity contribution in [2.75, 3.05) is 5.32 Å². The molecule has 4 heteroatoms. The highest BCUT2D eigenvalue weighted by atomic mass is 79.9. The first-order valence-corrected chi connectivity index (χ1v) is 7.93. The summed E-state index contributed by atoms with van der Waals surface area (Å²) < 4.78 is 14.5. The van der Waals surface area contributed by atoms with E-state index in [0.29, 0.717) is 16.8 Å². The van der Waals surface area contributed by atoms with Crippen molar-refractivity contribution in [2.45, 2.75) is 0 Å². The van der Waals surface area contributed by atoms with Crippen molar-refractivity contribution >= 4 is 39.2 Å². The van der Waals surface area contributed by atoms with Gasteiger partial charge in [0, 0.05) is 21.3 Å². The van der Waals surface area contributed by atoms with Crippen LogP contribution in [0.25, 0.3) is 22.8 Å². The average Bonchev–Trinajstić information content (AvgIpc) is 2.86. The third kappa shape index (κ3) is 2.35. The number of hydrogen-bond donors (Lipinski definition) is 1. The summed E-state index contributed by atoms with van der Waals surface area (Å²) in [7, 11) is 0. The highest BCUT2D eigenvalue weighted by molar-refractivity contribution is 9.10. The van der Waals surface area contributed by atoms with E-state index in [1.165, 1.54) is 12.1 Å². The van der Waals surface area contributed by atoms with E-state index in [9.17, 15) is 9.18 Å². The van der Waals surface area contributed by atoms with E-state index in [-0.39, 0.29) is 11.7 Å². The number of halogens is 2. The zero-order valence-electron chi connectivity index (χ0n) is 11.9. The Morgan fingerprint density at radius 3 is 2.57 bits per heavy atom. The molecule has 1 aromatic rings. The van der Waals surface area contributed by atoms with E-state index in [1.807, 2.05) is 42.5 Å². The number of fused-ring (bicyclic) bond motifs is 2. The SMILES string of the molecule is O=C1Nc2ccc(F)cc2/C1=C/c1cc(Br)c2cccccc1-2. The third-order valence-corrected chi connectivity index (χ3v) is 4.61. The van der Waals surface area contributed by atoms with Gasteiger partial charge in [-0.15, -0.1) is 0 Å². The van der Waals surface area contributed by atoms with Crippen molar-refractivity contribution in [3.63, 3.8) is 0 Å². The number of hydrogen-bond acceptors (Lipinski definition) is 1. The van der Waals surface area contributed by atoms with Crippen LogP contribution in [0.3, 0.4) is 0 Å². The molecule has 1 amide bonds. The molecule has 2 nitrogen and oxygen atoms in total. The maximum Gasteiger partial charge on any atom is 0.256 e. The molecule has 1 aliphatic heterocycles. The molecule has 0 fully saturated rings. The second-order valence-corrected chi connectivity index (χ2v) is 6.24. The largest absolute Gasteiger partial charge is 0.321 e. The minimum Gasteiger partial charge on any atom is -0.321 e. The van der Waals surface area contributed by atoms with Gasteiger partial charge < -0.3 is 5.32 Å². The second-order valence-electron chi connectivity index (χ2n) is 5.39. The van der Waals surface area contributed by atoms with Gasteiger partial charge in [-0.25, -0.2) is 4.39 Å². The highest BCUT2D eigenvalue weighted by Crippen LogP contribution is 2.39. The minimum absolute atomic E-state index is 0.212. The quantitative estimate of drug-likeness (QED) is 0.589. The fourth-order valence-electron chi connectivity index (χ4n) is 2.88. The molecule has 112 valence electrons. The van der Waals surface area contributed by atoms with Crippen LogP contribution in [0.5, 0.6) is 0 Å². The van der Waals surface area contributed by atoms with Crippen LogP contribution >= 0.6 is 15.9 Å². The maximum absolute atomic E-state index is 13.5. The number of carbonyl (C=O) groups is 1. The first-order chi connectivity index (χ1) is 11.1. The monoisotopic (exact) mass is 367 g/mol. The lowest BCUT2D eigenvalue weighted by Crippen LogP contribution is -2.03. The van der Waals surface area contributed by atoms with Crippen LogP contribution in [0.4, 0.5) is 10.1 Å². The van der Waals surface area contributed by atoms with E-state index in [0.717, 1.165) is 21.2 Å². The van der Waals surface area contributed by atoms with Gasteiger partial charge in [0.25, 0.3) is 5.91 Å². The summed E-state index contributed by atoms with van der Waals surface area (Å²) >= 11 is 3.56. The van der Waals surface area contributed by atoms with Crippen LogP contribution < -0.4 is 5.32 Å². The smallest absolute Gasteiger partial charge is 0.256 e. The molecule has 1 N–H and O–H groups in total. The number of anilines is 1. The predicted octanol–water partition coefficient (Wildman–Crippen LogP) is 5.19. The summed E-state index contributed by atoms with van der Waals surface area (Å²) in [6.45, 7) is 0. The van der Waals surface area contributed by atoms with Gasteiger partial charge in [0.2, 0.25) is 0 Å². The van der Waals surface area contributed by atoms with E-state index < -0.39 is 0 Å². The summed E-state index contributed by atoms with van der Waals surface area (Å²) in [5, 5.41) is 2.77. The van der Waals surface area contributed by atoms with Crippen LogP contribution in [0, 0.1) is 5.82 Å². The summed E-state index contributed by atoms with van der Waals surface area (Å²) in [5.74, 6) is -0.567. The second kappa shape index (κ2) is 5.32. The molecule has 0 spiro atoms. The molecule has 4 rings (SSSR count). The Hall–Kier alpha value is -2.46. The van der Waals surface area contributed by atoms with E-state index in [1.54, 1.807) is 6.07 Å². The fraction of sp³-hybridized carbons (Fsp3) is 0. The number of amides is 1. The molecule has 0 saturated heterocycles. The molecule has 1 heterocycles. The van der Waals surface area contributed by atoms with Gasteiger partial charge in [-0.05, 0) is 47.0 Å². The van der Waals surface area contributed by atoms with Gasteiger partial charge in [-0.2, -0.15) is 0 Å². The van der Waals surface area contributed by atoms with Gasteiger partial charge in [0.15, 0.2) is 0 Å². The van der Waals surface area contributed by atoms with Crippen molar-refractivity contribution in [1.82, 2.24) is 0 Å². The van der Waals surface area contributed by atoms with Crippen LogP contribution in [-0.2, 0) is 4.79 Å². The van der Waals surface area contributed by atoms with E-state index >= 15 is 0 Å². The molecular formula is C19H11BrFNO. The summed E-state index contributed by atoms with van der Waals surface area (Å²) in [4.78, 5) is 12.2. The Bertz CT molecular complexity index is 948. The Labute approximate surface area is 141 Å². The normalized spacial score (nSPS) is 15.0. The van der Waals surface area contributed by atoms with Crippen LogP contribution in [0.2, 0.25) is 0 Å². The van der Waals surface area contributed by atoms with Gasteiger partial charge in [0.05, 0.1) is 0 Å². The molecule has 1 aromatic carbocycles. The van der Waals surface area contributed by atoms with Gasteiger partial charge in [-0.3, -0.25) is 4.79 Å². The van der Waals surface area contributed by atoms with Crippen LogP contribution in [-0.4, -0.2) is 5.91 Å². The molecule has 0 saturated carbocycles. The van der Waals surface area contributed by atoms with Crippen molar-refractivity contribution < 1.29 is 9.18 Å². The first-order valence-electron chi connectivity index (χ1n) is 7.14. The summed E-state index contributed by atoms with van der Waals surface area (Å²) in [6.07, 6.45) is 1.81. The topological polar surface area (TPSA) is 29.1 Å². The maximum atomic E-state index is 13.5. The average molecular weight is 368 g/mol. The molecule has 0 unspecified atom stereocenters. The number of nitrogens with one attached hydrogen (secondary N) is 1. The first kappa shape index (κ1) is 14.2. The molecular weight excluding hydrogens is 357 g/mol. The van der Waals surface area contributed by atoms with Gasteiger partial charge in [-0.1, -0.05) is 46.3 Å². The molecule has 0 radical (unpaired) electrons. The van der Waals surface area contributed by atoms with Crippen molar-refractivity contribution in [2.24, 2.45) is 0 Å². The number of benzene rings is 1. The Kier molecular flexibility index (Phi) is 3.27. The zero-order chi connectivity index (χ0) is 16.0. The Balaban J connectivity index is 1.90. The van der Waals surface area contributed by atoms with Gasteiger partial charge in [0.1, 0.15) is 5.82 Å². The molecule has 23 heavy (non-hydrogen) atoms.